The Labute approximate surface area is 138 Å². The van der Waals surface area contributed by atoms with Crippen LogP contribution >= 0.6 is 11.6 Å². The van der Waals surface area contributed by atoms with Gasteiger partial charge in [0.05, 0.1) is 6.26 Å². The number of nitrogens with zero attached hydrogens (tertiary/aromatic N) is 2. The zero-order valence-electron chi connectivity index (χ0n) is 12.4. The average Bonchev–Trinajstić information content (AvgIpc) is 2.90. The normalized spacial score (nSPS) is 17.1. The number of carbonyl (C=O) groups is 2. The second-order valence-electron chi connectivity index (χ2n) is 5.32. The molecular formula is C13H17ClN2O6S. The van der Waals surface area contributed by atoms with E-state index in [2.05, 4.69) is 0 Å². The monoisotopic (exact) mass is 364 g/mol. The van der Waals surface area contributed by atoms with Gasteiger partial charge in [-0.15, -0.1) is 0 Å². The van der Waals surface area contributed by atoms with E-state index in [1.165, 1.54) is 21.3 Å². The van der Waals surface area contributed by atoms with Crippen LogP contribution in [0.3, 0.4) is 0 Å². The lowest BCUT2D eigenvalue weighted by Crippen LogP contribution is -2.50. The number of amides is 1. The number of carboxylic acids is 1. The van der Waals surface area contributed by atoms with Gasteiger partial charge in [-0.1, -0.05) is 0 Å². The van der Waals surface area contributed by atoms with E-state index < -0.39 is 28.4 Å². The van der Waals surface area contributed by atoms with Crippen LogP contribution in [-0.2, 0) is 14.8 Å². The summed E-state index contributed by atoms with van der Waals surface area (Å²) in [6.07, 6.45) is 1.85. The third-order valence-electron chi connectivity index (χ3n) is 3.68. The summed E-state index contributed by atoms with van der Waals surface area (Å²) in [5, 5.41) is 9.08. The molecule has 0 aliphatic carbocycles. The molecule has 1 aromatic rings. The van der Waals surface area contributed by atoms with Crippen LogP contribution in [0.5, 0.6) is 0 Å². The quantitative estimate of drug-likeness (QED) is 0.831. The molecule has 1 saturated heterocycles. The molecule has 1 fully saturated rings. The van der Waals surface area contributed by atoms with E-state index in [9.17, 15) is 18.0 Å². The first-order valence-electron chi connectivity index (χ1n) is 6.91. The summed E-state index contributed by atoms with van der Waals surface area (Å²) in [4.78, 5) is 24.7. The fourth-order valence-electron chi connectivity index (χ4n) is 2.57. The molecule has 1 aliphatic rings. The van der Waals surface area contributed by atoms with Gasteiger partial charge in [0.15, 0.2) is 11.0 Å². The smallest absolute Gasteiger partial charge is 0.323 e. The molecule has 128 valence electrons. The maximum absolute atomic E-state index is 12.4. The van der Waals surface area contributed by atoms with Crippen molar-refractivity contribution in [1.29, 1.82) is 0 Å². The molecule has 1 N–H and O–H groups in total. The van der Waals surface area contributed by atoms with Crippen LogP contribution in [0.25, 0.3) is 0 Å². The van der Waals surface area contributed by atoms with Gasteiger partial charge in [0.25, 0.3) is 5.91 Å². The van der Waals surface area contributed by atoms with E-state index in [-0.39, 0.29) is 30.1 Å². The molecular weight excluding hydrogens is 348 g/mol. The summed E-state index contributed by atoms with van der Waals surface area (Å²) in [6.45, 7) is -0.00167. The van der Waals surface area contributed by atoms with Crippen molar-refractivity contribution in [2.75, 3.05) is 25.9 Å². The minimum Gasteiger partial charge on any atom is -0.480 e. The summed E-state index contributed by atoms with van der Waals surface area (Å²) in [7, 11) is -3.29. The topological polar surface area (TPSA) is 108 Å². The van der Waals surface area contributed by atoms with Crippen molar-refractivity contribution in [3.63, 3.8) is 0 Å². The molecule has 2 heterocycles. The predicted octanol–water partition coefficient (Wildman–Crippen LogP) is 0.884. The summed E-state index contributed by atoms with van der Waals surface area (Å²) < 4.78 is 29.4. The molecule has 10 heteroatoms. The highest BCUT2D eigenvalue weighted by Crippen LogP contribution is 2.22. The summed E-state index contributed by atoms with van der Waals surface area (Å²) in [6, 6.07) is 2.41. The second kappa shape index (κ2) is 6.90. The number of piperidine rings is 1. The van der Waals surface area contributed by atoms with Crippen molar-refractivity contribution in [3.8, 4) is 0 Å². The van der Waals surface area contributed by atoms with Gasteiger partial charge < -0.3 is 14.4 Å². The highest BCUT2D eigenvalue weighted by molar-refractivity contribution is 7.88. The first-order chi connectivity index (χ1) is 10.7. The van der Waals surface area contributed by atoms with Crippen LogP contribution in [-0.4, -0.2) is 66.5 Å². The Balaban J connectivity index is 2.13. The van der Waals surface area contributed by atoms with Crippen LogP contribution in [0.1, 0.15) is 23.4 Å². The Bertz CT molecular complexity index is 693. The first-order valence-corrected chi connectivity index (χ1v) is 9.14. The van der Waals surface area contributed by atoms with Crippen molar-refractivity contribution in [3.05, 3.63) is 23.1 Å². The molecule has 23 heavy (non-hydrogen) atoms. The Morgan fingerprint density at radius 3 is 2.43 bits per heavy atom. The highest BCUT2D eigenvalue weighted by Gasteiger charge is 2.33. The number of aliphatic carboxylic acids is 1. The number of carbonyl (C=O) groups excluding carboxylic acids is 1. The van der Waals surface area contributed by atoms with E-state index in [0.717, 1.165) is 6.26 Å². The molecule has 0 bridgehead atoms. The molecule has 1 aliphatic heterocycles. The molecule has 0 unspecified atom stereocenters. The van der Waals surface area contributed by atoms with Gasteiger partial charge in [-0.25, -0.2) is 12.7 Å². The molecule has 2 rings (SSSR count). The van der Waals surface area contributed by atoms with Crippen molar-refractivity contribution in [2.24, 2.45) is 0 Å². The molecule has 1 aromatic heterocycles. The van der Waals surface area contributed by atoms with Gasteiger partial charge in [0.2, 0.25) is 10.0 Å². The van der Waals surface area contributed by atoms with Gasteiger partial charge in [-0.3, -0.25) is 9.59 Å². The van der Waals surface area contributed by atoms with Crippen molar-refractivity contribution in [1.82, 2.24) is 9.21 Å². The lowest BCUT2D eigenvalue weighted by Gasteiger charge is -2.36. The van der Waals surface area contributed by atoms with E-state index in [4.69, 9.17) is 21.1 Å². The van der Waals surface area contributed by atoms with Gasteiger partial charge in [0, 0.05) is 19.1 Å². The maximum Gasteiger partial charge on any atom is 0.323 e. The van der Waals surface area contributed by atoms with E-state index in [1.807, 2.05) is 0 Å². The van der Waals surface area contributed by atoms with Crippen LogP contribution in [0.15, 0.2) is 16.5 Å². The number of rotatable bonds is 5. The highest BCUT2D eigenvalue weighted by atomic mass is 35.5. The Morgan fingerprint density at radius 2 is 2.00 bits per heavy atom. The van der Waals surface area contributed by atoms with Crippen molar-refractivity contribution >= 4 is 33.5 Å². The average molecular weight is 365 g/mol. The second-order valence-corrected chi connectivity index (χ2v) is 7.68. The third kappa shape index (κ3) is 4.46. The number of carboxylic acid groups (broad SMARTS) is 1. The van der Waals surface area contributed by atoms with Crippen LogP contribution in [0.4, 0.5) is 0 Å². The predicted molar refractivity (Wildman–Crippen MR) is 81.8 cm³/mol. The molecule has 1 amide bonds. The Morgan fingerprint density at radius 1 is 1.39 bits per heavy atom. The number of hydrogen-bond acceptors (Lipinski definition) is 5. The minimum atomic E-state index is -3.29. The van der Waals surface area contributed by atoms with Crippen LogP contribution in [0, 0.1) is 0 Å². The zero-order valence-corrected chi connectivity index (χ0v) is 14.0. The minimum absolute atomic E-state index is 0.0375. The number of furan rings is 1. The molecule has 0 spiro atoms. The fraction of sp³-hybridized carbons (Fsp3) is 0.538. The fourth-order valence-corrected chi connectivity index (χ4v) is 3.59. The lowest BCUT2D eigenvalue weighted by molar-refractivity contribution is -0.138. The van der Waals surface area contributed by atoms with Crippen LogP contribution < -0.4 is 0 Å². The Hall–Kier alpha value is -1.58. The lowest BCUT2D eigenvalue weighted by atomic mass is 10.0. The van der Waals surface area contributed by atoms with Gasteiger partial charge in [-0.05, 0) is 36.6 Å². The standard InChI is InChI=1S/C13H17ClN2O6S/c1-23(20,21)15-6-4-9(5-7-15)16(8-12(17)18)13(19)10-2-3-11(14)22-10/h2-3,9H,4-8H2,1H3,(H,17,18). The van der Waals surface area contributed by atoms with Gasteiger partial charge >= 0.3 is 5.97 Å². The summed E-state index contributed by atoms with van der Waals surface area (Å²) in [5.41, 5.74) is 0. The van der Waals surface area contributed by atoms with Crippen molar-refractivity contribution in [2.45, 2.75) is 18.9 Å². The Kier molecular flexibility index (Phi) is 5.33. The number of hydrogen-bond donors (Lipinski definition) is 1. The molecule has 0 atom stereocenters. The maximum atomic E-state index is 12.4. The molecule has 8 nitrogen and oxygen atoms in total. The summed E-state index contributed by atoms with van der Waals surface area (Å²) >= 11 is 5.64. The first kappa shape index (κ1) is 17.8. The van der Waals surface area contributed by atoms with Crippen LogP contribution in [0.2, 0.25) is 5.22 Å². The van der Waals surface area contributed by atoms with E-state index >= 15 is 0 Å². The zero-order chi connectivity index (χ0) is 17.2. The number of halogens is 1. The molecule has 0 radical (unpaired) electrons. The van der Waals surface area contributed by atoms with Gasteiger partial charge in [0.1, 0.15) is 6.54 Å². The van der Waals surface area contributed by atoms with Gasteiger partial charge in [-0.2, -0.15) is 0 Å². The number of sulfonamides is 1. The van der Waals surface area contributed by atoms with E-state index in [1.54, 1.807) is 0 Å². The molecule has 0 saturated carbocycles. The molecule has 0 aromatic carbocycles. The summed E-state index contributed by atoms with van der Waals surface area (Å²) in [5.74, 6) is -1.76. The van der Waals surface area contributed by atoms with Crippen molar-refractivity contribution < 1.29 is 27.5 Å². The third-order valence-corrected chi connectivity index (χ3v) is 5.19. The largest absolute Gasteiger partial charge is 0.480 e. The SMILES string of the molecule is CS(=O)(=O)N1CCC(N(CC(=O)O)C(=O)c2ccc(Cl)o2)CC1. The van der Waals surface area contributed by atoms with E-state index in [0.29, 0.717) is 12.8 Å².